The molecule has 0 fully saturated rings. The fraction of sp³-hybridized carbons (Fsp3) is 0.412. The van der Waals surface area contributed by atoms with Crippen LogP contribution < -0.4 is 0 Å². The van der Waals surface area contributed by atoms with Crippen molar-refractivity contribution in [3.8, 4) is 11.4 Å². The summed E-state index contributed by atoms with van der Waals surface area (Å²) in [6.45, 7) is 13.4. The van der Waals surface area contributed by atoms with Crippen molar-refractivity contribution >= 4 is 11.8 Å². The molecule has 1 heterocycles. The minimum atomic E-state index is 0.169. The molecule has 2 aromatic rings. The van der Waals surface area contributed by atoms with E-state index in [9.17, 15) is 0 Å². The summed E-state index contributed by atoms with van der Waals surface area (Å²) in [6.07, 6.45) is 1.89. The first-order valence-electron chi connectivity index (χ1n) is 7.25. The standard InChI is InChI=1S/C17H23N3S/c1-6-12-21-16-19-18-15(20(16)7-2)13-8-10-14(11-9-13)17(3,4)5/h6,8-11H,1,7,12H2,2-5H3. The van der Waals surface area contributed by atoms with Crippen LogP contribution in [-0.2, 0) is 12.0 Å². The highest BCUT2D eigenvalue weighted by Gasteiger charge is 2.16. The molecule has 0 saturated carbocycles. The highest BCUT2D eigenvalue weighted by Crippen LogP contribution is 2.27. The predicted molar refractivity (Wildman–Crippen MR) is 90.8 cm³/mol. The largest absolute Gasteiger partial charge is 0.302 e. The summed E-state index contributed by atoms with van der Waals surface area (Å²) in [5.41, 5.74) is 2.61. The minimum absolute atomic E-state index is 0.169. The molecular formula is C17H23N3S. The maximum Gasteiger partial charge on any atom is 0.191 e. The zero-order chi connectivity index (χ0) is 15.5. The number of hydrogen-bond acceptors (Lipinski definition) is 3. The lowest BCUT2D eigenvalue weighted by atomic mass is 9.87. The van der Waals surface area contributed by atoms with E-state index >= 15 is 0 Å². The van der Waals surface area contributed by atoms with E-state index in [0.717, 1.165) is 28.8 Å². The van der Waals surface area contributed by atoms with E-state index < -0.39 is 0 Å². The Hall–Kier alpha value is -1.55. The van der Waals surface area contributed by atoms with Crippen molar-refractivity contribution in [1.82, 2.24) is 14.8 Å². The molecule has 1 aromatic heterocycles. The molecule has 0 radical (unpaired) electrons. The highest BCUT2D eigenvalue weighted by molar-refractivity contribution is 7.99. The van der Waals surface area contributed by atoms with Gasteiger partial charge in [-0.25, -0.2) is 0 Å². The summed E-state index contributed by atoms with van der Waals surface area (Å²) in [6, 6.07) is 8.64. The number of rotatable bonds is 5. The predicted octanol–water partition coefficient (Wildman–Crippen LogP) is 4.54. The Morgan fingerprint density at radius 1 is 1.19 bits per heavy atom. The Bertz CT molecular complexity index is 606. The lowest BCUT2D eigenvalue weighted by molar-refractivity contribution is 0.590. The Morgan fingerprint density at radius 3 is 2.38 bits per heavy atom. The lowest BCUT2D eigenvalue weighted by Crippen LogP contribution is -2.10. The van der Waals surface area contributed by atoms with E-state index in [0.29, 0.717) is 0 Å². The zero-order valence-corrected chi connectivity index (χ0v) is 14.1. The van der Waals surface area contributed by atoms with Crippen molar-refractivity contribution in [2.24, 2.45) is 0 Å². The monoisotopic (exact) mass is 301 g/mol. The zero-order valence-electron chi connectivity index (χ0n) is 13.3. The molecule has 0 N–H and O–H groups in total. The molecule has 0 amide bonds. The molecule has 2 rings (SSSR count). The van der Waals surface area contributed by atoms with E-state index in [1.54, 1.807) is 11.8 Å². The third kappa shape index (κ3) is 3.56. The average Bonchev–Trinajstić information content (AvgIpc) is 2.87. The van der Waals surface area contributed by atoms with Gasteiger partial charge in [0.2, 0.25) is 0 Å². The molecule has 112 valence electrons. The van der Waals surface area contributed by atoms with Crippen molar-refractivity contribution in [3.63, 3.8) is 0 Å². The quantitative estimate of drug-likeness (QED) is 0.600. The molecule has 0 saturated heterocycles. The number of thioether (sulfide) groups is 1. The van der Waals surface area contributed by atoms with Gasteiger partial charge in [0.25, 0.3) is 0 Å². The molecule has 1 aromatic carbocycles. The second-order valence-electron chi connectivity index (χ2n) is 5.98. The average molecular weight is 301 g/mol. The van der Waals surface area contributed by atoms with E-state index in [-0.39, 0.29) is 5.41 Å². The SMILES string of the molecule is C=CCSc1nnc(-c2ccc(C(C)(C)C)cc2)n1CC. The molecule has 4 heteroatoms. The molecule has 0 unspecified atom stereocenters. The first-order chi connectivity index (χ1) is 9.97. The van der Waals surface area contributed by atoms with Gasteiger partial charge >= 0.3 is 0 Å². The maximum absolute atomic E-state index is 4.36. The van der Waals surface area contributed by atoms with Crippen LogP contribution >= 0.6 is 11.8 Å². The van der Waals surface area contributed by atoms with Crippen LogP contribution in [0, 0.1) is 0 Å². The topological polar surface area (TPSA) is 30.7 Å². The van der Waals surface area contributed by atoms with Crippen molar-refractivity contribution in [1.29, 1.82) is 0 Å². The van der Waals surface area contributed by atoms with Gasteiger partial charge in [-0.2, -0.15) is 0 Å². The normalized spacial score (nSPS) is 11.6. The Kier molecular flexibility index (Phi) is 4.88. The second kappa shape index (κ2) is 6.48. The summed E-state index contributed by atoms with van der Waals surface area (Å²) < 4.78 is 2.15. The van der Waals surface area contributed by atoms with Crippen LogP contribution in [0.2, 0.25) is 0 Å². The van der Waals surface area contributed by atoms with Crippen LogP contribution in [0.3, 0.4) is 0 Å². The Morgan fingerprint density at radius 2 is 1.86 bits per heavy atom. The maximum atomic E-state index is 4.36. The van der Waals surface area contributed by atoms with Gasteiger partial charge < -0.3 is 4.57 Å². The van der Waals surface area contributed by atoms with Crippen molar-refractivity contribution in [3.05, 3.63) is 42.5 Å². The van der Waals surface area contributed by atoms with Gasteiger partial charge in [0.15, 0.2) is 11.0 Å². The van der Waals surface area contributed by atoms with E-state index in [2.05, 4.69) is 73.3 Å². The second-order valence-corrected chi connectivity index (χ2v) is 6.96. The summed E-state index contributed by atoms with van der Waals surface area (Å²) in [5, 5.41) is 9.61. The molecule has 0 aliphatic rings. The van der Waals surface area contributed by atoms with Crippen LogP contribution in [0.1, 0.15) is 33.3 Å². The summed E-state index contributed by atoms with van der Waals surface area (Å²) >= 11 is 1.67. The molecule has 0 bridgehead atoms. The van der Waals surface area contributed by atoms with Gasteiger partial charge in [0, 0.05) is 17.9 Å². The van der Waals surface area contributed by atoms with Gasteiger partial charge in [-0.1, -0.05) is 62.9 Å². The number of benzene rings is 1. The molecular weight excluding hydrogens is 278 g/mol. The molecule has 0 aliphatic heterocycles. The minimum Gasteiger partial charge on any atom is -0.302 e. The third-order valence-electron chi connectivity index (χ3n) is 3.37. The Balaban J connectivity index is 2.33. The van der Waals surface area contributed by atoms with Crippen molar-refractivity contribution in [2.45, 2.75) is 44.8 Å². The van der Waals surface area contributed by atoms with E-state index in [1.165, 1.54) is 5.56 Å². The van der Waals surface area contributed by atoms with E-state index in [4.69, 9.17) is 0 Å². The van der Waals surface area contributed by atoms with Crippen LogP contribution in [-0.4, -0.2) is 20.5 Å². The molecule has 0 spiro atoms. The highest BCUT2D eigenvalue weighted by atomic mass is 32.2. The summed E-state index contributed by atoms with van der Waals surface area (Å²) in [4.78, 5) is 0. The molecule has 0 aliphatic carbocycles. The first kappa shape index (κ1) is 15.8. The van der Waals surface area contributed by atoms with Crippen LogP contribution in [0.15, 0.2) is 42.1 Å². The van der Waals surface area contributed by atoms with Gasteiger partial charge in [0.05, 0.1) is 0 Å². The van der Waals surface area contributed by atoms with Gasteiger partial charge in [0.1, 0.15) is 0 Å². The van der Waals surface area contributed by atoms with Gasteiger partial charge in [-0.15, -0.1) is 16.8 Å². The van der Waals surface area contributed by atoms with Crippen molar-refractivity contribution in [2.75, 3.05) is 5.75 Å². The van der Waals surface area contributed by atoms with Gasteiger partial charge in [-0.3, -0.25) is 0 Å². The van der Waals surface area contributed by atoms with Crippen LogP contribution in [0.4, 0.5) is 0 Å². The van der Waals surface area contributed by atoms with Crippen LogP contribution in [0.5, 0.6) is 0 Å². The summed E-state index contributed by atoms with van der Waals surface area (Å²) in [7, 11) is 0. The lowest BCUT2D eigenvalue weighted by Gasteiger charge is -2.19. The molecule has 3 nitrogen and oxygen atoms in total. The van der Waals surface area contributed by atoms with Gasteiger partial charge in [-0.05, 0) is 17.9 Å². The van der Waals surface area contributed by atoms with Crippen molar-refractivity contribution < 1.29 is 0 Å². The number of hydrogen-bond donors (Lipinski definition) is 0. The van der Waals surface area contributed by atoms with E-state index in [1.807, 2.05) is 6.08 Å². The first-order valence-corrected chi connectivity index (χ1v) is 8.23. The third-order valence-corrected chi connectivity index (χ3v) is 4.34. The fourth-order valence-corrected chi connectivity index (χ4v) is 2.88. The fourth-order valence-electron chi connectivity index (χ4n) is 2.15. The number of aromatic nitrogens is 3. The Labute approximate surface area is 131 Å². The molecule has 0 atom stereocenters. The van der Waals surface area contributed by atoms with Crippen LogP contribution in [0.25, 0.3) is 11.4 Å². The number of nitrogens with zero attached hydrogens (tertiary/aromatic N) is 3. The molecule has 21 heavy (non-hydrogen) atoms. The smallest absolute Gasteiger partial charge is 0.191 e. The summed E-state index contributed by atoms with van der Waals surface area (Å²) in [5.74, 6) is 1.78.